The van der Waals surface area contributed by atoms with Gasteiger partial charge in [-0.25, -0.2) is 8.42 Å². The lowest BCUT2D eigenvalue weighted by molar-refractivity contribution is 0.171. The molecule has 3 heterocycles. The summed E-state index contributed by atoms with van der Waals surface area (Å²) in [6.07, 6.45) is 2.93. The number of hydrogen-bond acceptors (Lipinski definition) is 4. The van der Waals surface area contributed by atoms with Crippen LogP contribution in [0, 0.1) is 5.92 Å². The summed E-state index contributed by atoms with van der Waals surface area (Å²) in [6, 6.07) is 21.7. The molecule has 3 aromatic carbocycles. The zero-order chi connectivity index (χ0) is 22.4. The Balaban J connectivity index is 1.14. The number of fused-ring (bicyclic) bond motifs is 4. The molecule has 1 saturated heterocycles. The normalized spacial score (nSPS) is 18.7. The molecule has 2 aliphatic rings. The number of furan rings is 1. The minimum atomic E-state index is -3.52. The predicted octanol–water partition coefficient (Wildman–Crippen LogP) is 5.05. The van der Waals surface area contributed by atoms with E-state index in [0.29, 0.717) is 23.9 Å². The van der Waals surface area contributed by atoms with Gasteiger partial charge in [0.05, 0.1) is 4.90 Å². The van der Waals surface area contributed by atoms with E-state index in [1.165, 1.54) is 11.1 Å². The largest absolute Gasteiger partial charge is 0.456 e. The molecule has 0 saturated carbocycles. The lowest BCUT2D eigenvalue weighted by Crippen LogP contribution is -2.42. The van der Waals surface area contributed by atoms with E-state index >= 15 is 0 Å². The molecule has 0 radical (unpaired) electrons. The van der Waals surface area contributed by atoms with Crippen molar-refractivity contribution >= 4 is 32.0 Å². The minimum Gasteiger partial charge on any atom is -0.456 e. The minimum absolute atomic E-state index is 0.354. The quantitative estimate of drug-likeness (QED) is 0.428. The van der Waals surface area contributed by atoms with Crippen LogP contribution in [0.4, 0.5) is 0 Å². The van der Waals surface area contributed by atoms with Crippen molar-refractivity contribution in [3.63, 3.8) is 0 Å². The van der Waals surface area contributed by atoms with Gasteiger partial charge < -0.3 is 4.42 Å². The highest BCUT2D eigenvalue weighted by Crippen LogP contribution is 2.32. The van der Waals surface area contributed by atoms with Crippen LogP contribution in [0.1, 0.15) is 24.0 Å². The van der Waals surface area contributed by atoms with Crippen LogP contribution in [0.3, 0.4) is 0 Å². The highest BCUT2D eigenvalue weighted by Gasteiger charge is 2.31. The SMILES string of the molecule is O=S(=O)(c1ccc2oc3ccccc3c2c1)N1CCC(CN2CCc3ccccc3C2)CC1. The number of benzene rings is 3. The lowest BCUT2D eigenvalue weighted by Gasteiger charge is -2.36. The van der Waals surface area contributed by atoms with Crippen molar-refractivity contribution in [1.29, 1.82) is 0 Å². The molecule has 1 aromatic heterocycles. The van der Waals surface area contributed by atoms with E-state index in [2.05, 4.69) is 29.2 Å². The molecule has 33 heavy (non-hydrogen) atoms. The molecular formula is C27H28N2O3S. The van der Waals surface area contributed by atoms with Crippen LogP contribution in [0.2, 0.25) is 0 Å². The van der Waals surface area contributed by atoms with Gasteiger partial charge in [0.2, 0.25) is 10.0 Å². The maximum Gasteiger partial charge on any atom is 0.243 e. The highest BCUT2D eigenvalue weighted by molar-refractivity contribution is 7.89. The van der Waals surface area contributed by atoms with Crippen molar-refractivity contribution in [3.05, 3.63) is 77.9 Å². The van der Waals surface area contributed by atoms with E-state index in [1.807, 2.05) is 24.3 Å². The molecule has 0 amide bonds. The van der Waals surface area contributed by atoms with Crippen molar-refractivity contribution in [2.45, 2.75) is 30.7 Å². The molecule has 5 nitrogen and oxygen atoms in total. The lowest BCUT2D eigenvalue weighted by atomic mass is 9.94. The van der Waals surface area contributed by atoms with Crippen LogP contribution in [0.15, 0.2) is 76.0 Å². The first-order valence-corrected chi connectivity index (χ1v) is 13.2. The molecule has 6 heteroatoms. The topological polar surface area (TPSA) is 53.8 Å². The van der Waals surface area contributed by atoms with Crippen LogP contribution < -0.4 is 0 Å². The number of piperidine rings is 1. The fourth-order valence-corrected chi connectivity index (χ4v) is 6.92. The van der Waals surface area contributed by atoms with E-state index < -0.39 is 10.0 Å². The van der Waals surface area contributed by atoms with Crippen LogP contribution in [0.25, 0.3) is 21.9 Å². The zero-order valence-corrected chi connectivity index (χ0v) is 19.4. The maximum atomic E-state index is 13.4. The van der Waals surface area contributed by atoms with E-state index in [0.717, 1.165) is 60.8 Å². The molecule has 1 fully saturated rings. The molecule has 0 atom stereocenters. The third kappa shape index (κ3) is 3.86. The third-order valence-electron chi connectivity index (χ3n) is 7.29. The Morgan fingerprint density at radius 3 is 2.39 bits per heavy atom. The zero-order valence-electron chi connectivity index (χ0n) is 18.6. The van der Waals surface area contributed by atoms with Crippen molar-refractivity contribution in [2.24, 2.45) is 5.92 Å². The number of hydrogen-bond donors (Lipinski definition) is 0. The first-order chi connectivity index (χ1) is 16.1. The van der Waals surface area contributed by atoms with Gasteiger partial charge in [0.1, 0.15) is 11.2 Å². The number of sulfonamides is 1. The Hall–Kier alpha value is -2.67. The van der Waals surface area contributed by atoms with Gasteiger partial charge in [0.25, 0.3) is 0 Å². The molecule has 0 N–H and O–H groups in total. The summed E-state index contributed by atoms with van der Waals surface area (Å²) in [5.41, 5.74) is 4.41. The average molecular weight is 461 g/mol. The molecule has 0 spiro atoms. The predicted molar refractivity (Wildman–Crippen MR) is 131 cm³/mol. The fourth-order valence-electron chi connectivity index (χ4n) is 5.42. The molecule has 6 rings (SSSR count). The summed E-state index contributed by atoms with van der Waals surface area (Å²) in [5.74, 6) is 0.544. The van der Waals surface area contributed by atoms with Gasteiger partial charge >= 0.3 is 0 Å². The standard InChI is InChI=1S/C27H28N2O3S/c30-33(31,23-9-10-27-25(17-23)24-7-3-4-8-26(24)32-27)29-15-11-20(12-16-29)18-28-14-13-21-5-1-2-6-22(21)19-28/h1-10,17,20H,11-16,18-19H2. The first kappa shape index (κ1) is 20.9. The van der Waals surface area contributed by atoms with Gasteiger partial charge in [-0.2, -0.15) is 4.31 Å². The number of nitrogens with zero attached hydrogens (tertiary/aromatic N) is 2. The molecule has 0 aliphatic carbocycles. The van der Waals surface area contributed by atoms with E-state index in [9.17, 15) is 8.42 Å². The molecule has 2 aliphatic heterocycles. The van der Waals surface area contributed by atoms with Crippen molar-refractivity contribution in [2.75, 3.05) is 26.2 Å². The maximum absolute atomic E-state index is 13.4. The van der Waals surface area contributed by atoms with E-state index in [1.54, 1.807) is 22.5 Å². The Kier molecular flexibility index (Phi) is 5.24. The molecule has 4 aromatic rings. The van der Waals surface area contributed by atoms with Crippen LogP contribution in [0.5, 0.6) is 0 Å². The van der Waals surface area contributed by atoms with Gasteiger partial charge in [-0.05, 0) is 60.6 Å². The van der Waals surface area contributed by atoms with Crippen LogP contribution in [-0.4, -0.2) is 43.8 Å². The molecule has 0 bridgehead atoms. The molecular weight excluding hydrogens is 432 g/mol. The van der Waals surface area contributed by atoms with Gasteiger partial charge in [0.15, 0.2) is 0 Å². The monoisotopic (exact) mass is 460 g/mol. The third-order valence-corrected chi connectivity index (χ3v) is 9.18. The second-order valence-corrected chi connectivity index (χ2v) is 11.3. The average Bonchev–Trinajstić information content (AvgIpc) is 3.22. The van der Waals surface area contributed by atoms with Crippen molar-refractivity contribution < 1.29 is 12.8 Å². The molecule has 170 valence electrons. The van der Waals surface area contributed by atoms with Crippen molar-refractivity contribution in [1.82, 2.24) is 9.21 Å². The summed E-state index contributed by atoms with van der Waals surface area (Å²) < 4.78 is 34.3. The number of rotatable bonds is 4. The number of para-hydroxylation sites is 1. The first-order valence-electron chi connectivity index (χ1n) is 11.8. The van der Waals surface area contributed by atoms with Gasteiger partial charge in [-0.1, -0.05) is 42.5 Å². The Morgan fingerprint density at radius 2 is 1.55 bits per heavy atom. The Labute approximate surface area is 194 Å². The summed E-state index contributed by atoms with van der Waals surface area (Å²) in [6.45, 7) is 4.32. The van der Waals surface area contributed by atoms with E-state index in [4.69, 9.17) is 4.42 Å². The summed E-state index contributed by atoms with van der Waals surface area (Å²) in [4.78, 5) is 2.89. The van der Waals surface area contributed by atoms with Crippen LogP contribution >= 0.6 is 0 Å². The smallest absolute Gasteiger partial charge is 0.243 e. The second kappa shape index (κ2) is 8.28. The van der Waals surface area contributed by atoms with Crippen LogP contribution in [-0.2, 0) is 23.0 Å². The summed E-state index contributed by atoms with van der Waals surface area (Å²) in [7, 11) is -3.52. The Morgan fingerprint density at radius 1 is 0.818 bits per heavy atom. The molecule has 0 unspecified atom stereocenters. The van der Waals surface area contributed by atoms with Crippen molar-refractivity contribution in [3.8, 4) is 0 Å². The van der Waals surface area contributed by atoms with E-state index in [-0.39, 0.29) is 0 Å². The highest BCUT2D eigenvalue weighted by atomic mass is 32.2. The summed E-state index contributed by atoms with van der Waals surface area (Å²) in [5, 5.41) is 1.80. The summed E-state index contributed by atoms with van der Waals surface area (Å²) >= 11 is 0. The Bertz CT molecular complexity index is 1420. The van der Waals surface area contributed by atoms with Gasteiger partial charge in [0, 0.05) is 43.5 Å². The second-order valence-electron chi connectivity index (χ2n) is 9.36. The van der Waals surface area contributed by atoms with Gasteiger partial charge in [-0.3, -0.25) is 4.90 Å². The van der Waals surface area contributed by atoms with Gasteiger partial charge in [-0.15, -0.1) is 0 Å². The fraction of sp³-hybridized carbons (Fsp3) is 0.333.